The van der Waals surface area contributed by atoms with Gasteiger partial charge >= 0.3 is 0 Å². The number of carbonyl (C=O) groups excluding carboxylic acids is 1. The van der Waals surface area contributed by atoms with Crippen LogP contribution in [0.4, 0.5) is 5.82 Å². The Bertz CT molecular complexity index is 1310. The topological polar surface area (TPSA) is 57.9 Å². The van der Waals surface area contributed by atoms with Crippen LogP contribution in [0.15, 0.2) is 58.4 Å². The Morgan fingerprint density at radius 1 is 1.09 bits per heavy atom. The lowest BCUT2D eigenvalue weighted by Crippen LogP contribution is -2.28. The fraction of sp³-hybridized carbons (Fsp3) is 0.250. The summed E-state index contributed by atoms with van der Waals surface area (Å²) in [6.07, 6.45) is 5.53. The lowest BCUT2D eigenvalue weighted by Gasteiger charge is -2.20. The second-order valence-corrected chi connectivity index (χ2v) is 9.66. The zero-order valence-electron chi connectivity index (χ0n) is 17.7. The Morgan fingerprint density at radius 3 is 2.59 bits per heavy atom. The molecule has 2 aromatic heterocycles. The van der Waals surface area contributed by atoms with E-state index in [4.69, 9.17) is 17.2 Å². The standard InChI is InChI=1S/C24H22N4O2S2/c1-16-8-7-13-27-20(16)25-21(26-11-5-6-12-26)18(22(27)29)14-19-23(30)28(24(31)32-19)15-17-9-3-2-4-10-17/h2-4,7-10,13-14H,5-6,11-12,15H2,1H3. The maximum atomic E-state index is 13.5. The largest absolute Gasteiger partial charge is 0.356 e. The van der Waals surface area contributed by atoms with Crippen LogP contribution in [0.2, 0.25) is 0 Å². The van der Waals surface area contributed by atoms with Crippen molar-refractivity contribution in [1.82, 2.24) is 14.3 Å². The number of hydrogen-bond acceptors (Lipinski definition) is 6. The van der Waals surface area contributed by atoms with Gasteiger partial charge in [0.05, 0.1) is 17.0 Å². The maximum Gasteiger partial charge on any atom is 0.267 e. The summed E-state index contributed by atoms with van der Waals surface area (Å²) in [5.41, 5.74) is 2.86. The van der Waals surface area contributed by atoms with Crippen molar-refractivity contribution in [3.05, 3.63) is 80.6 Å². The van der Waals surface area contributed by atoms with Gasteiger partial charge in [0.1, 0.15) is 15.8 Å². The van der Waals surface area contributed by atoms with Crippen molar-refractivity contribution in [2.24, 2.45) is 0 Å². The van der Waals surface area contributed by atoms with Crippen molar-refractivity contribution in [3.8, 4) is 0 Å². The van der Waals surface area contributed by atoms with Crippen molar-refractivity contribution in [2.75, 3.05) is 18.0 Å². The number of hydrogen-bond donors (Lipinski definition) is 0. The van der Waals surface area contributed by atoms with Crippen molar-refractivity contribution >= 4 is 51.7 Å². The number of pyridine rings is 1. The molecule has 2 aliphatic rings. The summed E-state index contributed by atoms with van der Waals surface area (Å²) in [5.74, 6) is 0.472. The van der Waals surface area contributed by atoms with Gasteiger partial charge in [0.2, 0.25) is 0 Å². The molecule has 4 heterocycles. The van der Waals surface area contributed by atoms with Crippen molar-refractivity contribution in [2.45, 2.75) is 26.3 Å². The lowest BCUT2D eigenvalue weighted by atomic mass is 10.2. The number of carbonyl (C=O) groups is 1. The molecule has 2 fully saturated rings. The van der Waals surface area contributed by atoms with E-state index < -0.39 is 0 Å². The van der Waals surface area contributed by atoms with Gasteiger partial charge in [-0.15, -0.1) is 0 Å². The van der Waals surface area contributed by atoms with Crippen molar-refractivity contribution < 1.29 is 4.79 Å². The molecule has 6 nitrogen and oxygen atoms in total. The van der Waals surface area contributed by atoms with Gasteiger partial charge in [-0.3, -0.25) is 18.9 Å². The molecule has 2 saturated heterocycles. The Kier molecular flexibility index (Phi) is 5.57. The average molecular weight is 463 g/mol. The quantitative estimate of drug-likeness (QED) is 0.431. The van der Waals surface area contributed by atoms with Crippen molar-refractivity contribution in [3.63, 3.8) is 0 Å². The van der Waals surface area contributed by atoms with Gasteiger partial charge in [0, 0.05) is 19.3 Å². The number of rotatable bonds is 4. The molecule has 0 radical (unpaired) electrons. The smallest absolute Gasteiger partial charge is 0.267 e. The van der Waals surface area contributed by atoms with Gasteiger partial charge in [-0.05, 0) is 43.0 Å². The van der Waals surface area contributed by atoms with Gasteiger partial charge in [-0.25, -0.2) is 4.98 Å². The summed E-state index contributed by atoms with van der Waals surface area (Å²) < 4.78 is 2.06. The molecule has 0 unspecified atom stereocenters. The summed E-state index contributed by atoms with van der Waals surface area (Å²) in [6.45, 7) is 4.06. The third-order valence-corrected chi connectivity index (χ3v) is 7.18. The van der Waals surface area contributed by atoms with Crippen LogP contribution in [0.25, 0.3) is 11.7 Å². The molecule has 5 rings (SSSR count). The predicted octanol–water partition coefficient (Wildman–Crippen LogP) is 4.00. The normalized spacial score (nSPS) is 17.8. The number of amides is 1. The number of benzene rings is 1. The zero-order valence-corrected chi connectivity index (χ0v) is 19.3. The zero-order chi connectivity index (χ0) is 22.2. The van der Waals surface area contributed by atoms with Crippen LogP contribution in [0, 0.1) is 6.92 Å². The second kappa shape index (κ2) is 8.52. The first kappa shape index (κ1) is 20.9. The first-order valence-electron chi connectivity index (χ1n) is 10.6. The Labute approximate surface area is 195 Å². The van der Waals surface area contributed by atoms with E-state index in [1.54, 1.807) is 21.6 Å². The fourth-order valence-electron chi connectivity index (χ4n) is 4.13. The minimum Gasteiger partial charge on any atom is -0.356 e. The molecule has 0 N–H and O–H groups in total. The third-order valence-electron chi connectivity index (χ3n) is 5.80. The first-order valence-corrected chi connectivity index (χ1v) is 11.8. The van der Waals surface area contributed by atoms with E-state index in [0.29, 0.717) is 32.8 Å². The number of thiocarbonyl (C=S) groups is 1. The van der Waals surface area contributed by atoms with Gasteiger partial charge in [0.25, 0.3) is 11.5 Å². The molecule has 162 valence electrons. The first-order chi connectivity index (χ1) is 15.5. The molecule has 2 aliphatic heterocycles. The predicted molar refractivity (Wildman–Crippen MR) is 133 cm³/mol. The number of fused-ring (bicyclic) bond motifs is 1. The highest BCUT2D eigenvalue weighted by Gasteiger charge is 2.33. The summed E-state index contributed by atoms with van der Waals surface area (Å²) >= 11 is 6.73. The minimum atomic E-state index is -0.176. The summed E-state index contributed by atoms with van der Waals surface area (Å²) in [7, 11) is 0. The molecule has 3 aromatic rings. The molecule has 0 atom stereocenters. The molecular formula is C24H22N4O2S2. The number of thioether (sulfide) groups is 1. The van der Waals surface area contributed by atoms with Crippen molar-refractivity contribution in [1.29, 1.82) is 0 Å². The summed E-state index contributed by atoms with van der Waals surface area (Å²) in [4.78, 5) is 35.7. The van der Waals surface area contributed by atoms with Gasteiger partial charge in [-0.2, -0.15) is 0 Å². The SMILES string of the molecule is Cc1cccn2c(=O)c(C=C3SC(=S)N(Cc4ccccc4)C3=O)c(N3CCCC3)nc12. The Hall–Kier alpha value is -2.97. The molecule has 0 spiro atoms. The van der Waals surface area contributed by atoms with Crippen LogP contribution >= 0.6 is 24.0 Å². The Balaban J connectivity index is 1.59. The minimum absolute atomic E-state index is 0.172. The number of anilines is 1. The van der Waals surface area contributed by atoms with E-state index >= 15 is 0 Å². The van der Waals surface area contributed by atoms with Gasteiger partial charge in [-0.1, -0.05) is 60.4 Å². The van der Waals surface area contributed by atoms with E-state index in [-0.39, 0.29) is 11.5 Å². The molecule has 32 heavy (non-hydrogen) atoms. The summed E-state index contributed by atoms with van der Waals surface area (Å²) in [5, 5.41) is 0. The van der Waals surface area contributed by atoms with Gasteiger partial charge in [0.15, 0.2) is 0 Å². The van der Waals surface area contributed by atoms with Crippen LogP contribution in [0.5, 0.6) is 0 Å². The second-order valence-electron chi connectivity index (χ2n) is 7.99. The maximum absolute atomic E-state index is 13.5. The van der Waals surface area contributed by atoms with Gasteiger partial charge < -0.3 is 4.90 Å². The number of aromatic nitrogens is 2. The highest BCUT2D eigenvalue weighted by atomic mass is 32.2. The molecule has 8 heteroatoms. The Morgan fingerprint density at radius 2 is 1.84 bits per heavy atom. The van der Waals surface area contributed by atoms with E-state index in [9.17, 15) is 9.59 Å². The number of aryl methyl sites for hydroxylation is 1. The van der Waals surface area contributed by atoms with Crippen LogP contribution < -0.4 is 10.5 Å². The molecule has 1 amide bonds. The molecule has 0 saturated carbocycles. The average Bonchev–Trinajstić information content (AvgIpc) is 3.42. The molecular weight excluding hydrogens is 440 g/mol. The fourth-order valence-corrected chi connectivity index (χ4v) is 5.37. The highest BCUT2D eigenvalue weighted by molar-refractivity contribution is 8.26. The molecule has 0 bridgehead atoms. The third kappa shape index (κ3) is 3.73. The van der Waals surface area contributed by atoms with Crippen LogP contribution in [-0.2, 0) is 11.3 Å². The van der Waals surface area contributed by atoms with E-state index in [0.717, 1.165) is 37.1 Å². The van der Waals surface area contributed by atoms with Crippen LogP contribution in [0.3, 0.4) is 0 Å². The van der Waals surface area contributed by atoms with E-state index in [1.165, 1.54) is 11.8 Å². The van der Waals surface area contributed by atoms with E-state index in [1.807, 2.05) is 49.4 Å². The monoisotopic (exact) mass is 462 g/mol. The summed E-state index contributed by atoms with van der Waals surface area (Å²) in [6, 6.07) is 13.5. The molecule has 0 aliphatic carbocycles. The molecule has 1 aromatic carbocycles. The van der Waals surface area contributed by atoms with E-state index in [2.05, 4.69) is 4.90 Å². The van der Waals surface area contributed by atoms with Crippen LogP contribution in [-0.4, -0.2) is 37.6 Å². The highest BCUT2D eigenvalue weighted by Crippen LogP contribution is 2.35. The van der Waals surface area contributed by atoms with Crippen LogP contribution in [0.1, 0.15) is 29.5 Å². The number of nitrogens with zero attached hydrogens (tertiary/aromatic N) is 4. The lowest BCUT2D eigenvalue weighted by molar-refractivity contribution is -0.122.